The number of aliphatic carboxylic acids is 2. The fourth-order valence-electron chi connectivity index (χ4n) is 11.4. The van der Waals surface area contributed by atoms with E-state index >= 15 is 0 Å². The minimum Gasteiger partial charge on any atom is -0.481 e. The van der Waals surface area contributed by atoms with Crippen molar-refractivity contribution in [2.24, 2.45) is 0 Å². The van der Waals surface area contributed by atoms with Crippen molar-refractivity contribution in [1.82, 2.24) is 72.0 Å². The number of hydrogen-bond donors (Lipinski definition) is 11. The lowest BCUT2D eigenvalue weighted by Gasteiger charge is -2.23. The molecule has 0 radical (unpaired) electrons. The summed E-state index contributed by atoms with van der Waals surface area (Å²) in [5, 5.41) is 52.5. The van der Waals surface area contributed by atoms with Crippen LogP contribution in [-0.2, 0) is 140 Å². The first-order valence-electron chi connectivity index (χ1n) is 42.9. The molecule has 6 rings (SSSR count). The molecule has 5 aromatic rings. The number of thiocarbonyl (C=S) groups is 1. The van der Waals surface area contributed by atoms with Gasteiger partial charge in [-0.3, -0.25) is 38.9 Å². The molecule has 4 heterocycles. The quantitative estimate of drug-likeness (QED) is 0.0150. The molecule has 2 atom stereocenters. The highest BCUT2D eigenvalue weighted by molar-refractivity contribution is 14.1. The summed E-state index contributed by atoms with van der Waals surface area (Å²) in [5.74, 6) is -2.65. The number of carbonyl (C=O) groups excluding carboxylic acids is 13. The van der Waals surface area contributed by atoms with Crippen molar-refractivity contribution in [3.63, 3.8) is 0 Å². The minimum atomic E-state index is -1.18. The Balaban J connectivity index is 0.00000128. The number of pyridine rings is 2. The predicted molar refractivity (Wildman–Crippen MR) is 483 cm³/mol. The molecule has 46 heteroatoms. The third-order valence-corrected chi connectivity index (χ3v) is 18.8. The van der Waals surface area contributed by atoms with Gasteiger partial charge >= 0.3 is 48.6 Å². The van der Waals surface area contributed by atoms with Gasteiger partial charge in [0.25, 0.3) is 0 Å². The van der Waals surface area contributed by atoms with Crippen LogP contribution in [-0.4, -0.2) is 333 Å². The van der Waals surface area contributed by atoms with E-state index in [-0.39, 0.29) is 81.2 Å². The average Bonchev–Trinajstić information content (AvgIpc) is 1.67. The highest BCUT2D eigenvalue weighted by Gasteiger charge is 2.22. The Morgan fingerprint density at radius 3 is 1.57 bits per heavy atom. The number of carboxylic acids is 2. The summed E-state index contributed by atoms with van der Waals surface area (Å²) >= 11 is 7.90. The second kappa shape index (κ2) is 84.5. The van der Waals surface area contributed by atoms with Crippen LogP contribution in [0.5, 0.6) is 0 Å². The van der Waals surface area contributed by atoms with Crippen LogP contribution in [0.4, 0.5) is 21.0 Å². The van der Waals surface area contributed by atoms with Crippen LogP contribution < -0.4 is 47.9 Å². The number of hydrogen-bond acceptors (Lipinski definition) is 33. The highest BCUT2D eigenvalue weighted by atomic mass is 127. The first-order chi connectivity index (χ1) is 64.2. The van der Waals surface area contributed by atoms with Gasteiger partial charge in [-0.05, 0) is 160 Å². The molecule has 0 aliphatic carbocycles. The van der Waals surface area contributed by atoms with E-state index in [0.29, 0.717) is 240 Å². The van der Waals surface area contributed by atoms with Crippen LogP contribution in [0, 0.1) is 3.57 Å². The van der Waals surface area contributed by atoms with Crippen LogP contribution in [0.1, 0.15) is 101 Å². The number of benzene rings is 2. The highest BCUT2D eigenvalue weighted by Crippen LogP contribution is 2.21. The summed E-state index contributed by atoms with van der Waals surface area (Å²) in [4.78, 5) is 164. The SMILES string of the molecule is CCOCCOCCOCCC(=O)N[C@@H](CCCCNC(=S)Nc1ccnc(CN2CCOCCOCCN(Cc3ccccn3)CCOCCOCC2)c1)C(=O)NCCCCCNC(=O)Cc1ccc(I)cc1.COCCOCCOCCOCCn1cc(-c2cccc(NC(=O)NCCCC[C@H](NC(=O)NCCCC(=O)O)C(=O)O)c2)nn1.O=C=O.O=C=O.O=C=O.O=C=O. The lowest BCUT2D eigenvalue weighted by atomic mass is 10.1. The fourth-order valence-corrected chi connectivity index (χ4v) is 12.0. The van der Waals surface area contributed by atoms with Crippen molar-refractivity contribution >= 4 is 118 Å². The van der Waals surface area contributed by atoms with Crippen molar-refractivity contribution in [3.05, 3.63) is 118 Å². The number of halogens is 1. The van der Waals surface area contributed by atoms with Gasteiger partial charge < -0.3 is 110 Å². The number of carboxylic acid groups (broad SMARTS) is 2. The van der Waals surface area contributed by atoms with E-state index in [1.807, 2.05) is 73.8 Å². The van der Waals surface area contributed by atoms with Gasteiger partial charge in [-0.2, -0.15) is 38.4 Å². The van der Waals surface area contributed by atoms with Crippen molar-refractivity contribution in [2.45, 2.75) is 122 Å². The molecule has 132 heavy (non-hydrogen) atoms. The molecule has 44 nitrogen and oxygen atoms in total. The maximum Gasteiger partial charge on any atom is 0.373 e. The Morgan fingerprint density at radius 1 is 0.492 bits per heavy atom. The lowest BCUT2D eigenvalue weighted by Crippen LogP contribution is -2.47. The van der Waals surface area contributed by atoms with Gasteiger partial charge in [0.15, 0.2) is 5.11 Å². The topological polar surface area (TPSA) is 569 Å². The van der Waals surface area contributed by atoms with Gasteiger partial charge in [0.1, 0.15) is 17.8 Å². The maximum atomic E-state index is 13.4. The Morgan fingerprint density at radius 2 is 1.00 bits per heavy atom. The molecule has 1 aliphatic heterocycles. The number of unbranched alkanes of at least 4 members (excludes halogenated alkanes) is 4. The van der Waals surface area contributed by atoms with Gasteiger partial charge in [0, 0.05) is 131 Å². The average molecular weight is 1990 g/mol. The smallest absolute Gasteiger partial charge is 0.373 e. The van der Waals surface area contributed by atoms with Crippen molar-refractivity contribution in [3.8, 4) is 11.3 Å². The Kier molecular flexibility index (Phi) is 76.3. The van der Waals surface area contributed by atoms with Crippen LogP contribution in [0.15, 0.2) is 97.5 Å². The van der Waals surface area contributed by atoms with Crippen molar-refractivity contribution < 1.29 is 134 Å². The Bertz CT molecular complexity index is 3970. The zero-order valence-electron chi connectivity index (χ0n) is 74.8. The molecule has 1 aliphatic rings. The molecule has 1 saturated heterocycles. The van der Waals surface area contributed by atoms with E-state index in [0.717, 1.165) is 70.7 Å². The number of aromatic nitrogens is 5. The summed E-state index contributed by atoms with van der Waals surface area (Å²) in [6, 6.07) is 22.0. The summed E-state index contributed by atoms with van der Waals surface area (Å²) in [6.45, 7) is 19.1. The second-order valence-electron chi connectivity index (χ2n) is 27.8. The number of methoxy groups -OCH3 is 1. The molecule has 0 spiro atoms. The zero-order chi connectivity index (χ0) is 96.8. The first kappa shape index (κ1) is 119. The molecule has 732 valence electrons. The van der Waals surface area contributed by atoms with Crippen molar-refractivity contribution in [2.75, 3.05) is 215 Å². The van der Waals surface area contributed by atoms with Gasteiger partial charge in [-0.15, -0.1) is 5.10 Å². The number of ether oxygens (including phenoxy) is 11. The monoisotopic (exact) mass is 1990 g/mol. The van der Waals surface area contributed by atoms with Gasteiger partial charge in [0.05, 0.1) is 163 Å². The van der Waals surface area contributed by atoms with E-state index in [1.165, 1.54) is 0 Å². The Labute approximate surface area is 786 Å². The third kappa shape index (κ3) is 69.1. The number of anilines is 2. The fraction of sp³-hybridized carbons (Fsp3) is 0.581. The summed E-state index contributed by atoms with van der Waals surface area (Å²) in [7, 11) is 1.62. The zero-order valence-corrected chi connectivity index (χ0v) is 77.8. The lowest BCUT2D eigenvalue weighted by molar-refractivity contribution is -0.193. The number of amides is 7. The van der Waals surface area contributed by atoms with E-state index in [4.69, 9.17) is 108 Å². The standard InChI is InChI=1S/C53H82IN9O10S.C29H45N7O10.4CO2/c1-2-67-32-33-73-39-34-68-27-17-50(64)61-49(52(66)58-20-7-3-6-19-57-51(65)40-44-12-14-45(54)15-13-44)11-5-9-21-59-53(74)60-46-16-22-56-48(41-46)43-63-25-30-71-37-35-69-28-23-62(42-47-10-4-8-18-55-47)24-29-70-36-38-72-31-26-63;1-43-14-15-45-18-19-46-17-16-44-13-12-36-21-25(34-35-36)22-6-4-7-23(20-22)32-28(41)30-10-3-2-8-24(27(39)40)33-29(42)31-11-5-9-26(37)38;4*2-1-3/h4,8,10,12-16,18,22,41,49H,2-3,5-7,9,11,17,19-21,23-40,42-43H2,1H3,(H,57,65)(H,58,66)(H,61,64)(H2,56,59,60,74);4,6-7,20-21,24H,2-3,5,8-19H2,1H3,(H,37,38)(H,39,40)(H2,30,32,41)(H2,31,33,42);;;;/t49-;24-;;;;/m00..../s1. The molecule has 3 aromatic heterocycles. The normalized spacial score (nSPS) is 12.8. The Hall–Kier alpha value is -10.8. The van der Waals surface area contributed by atoms with E-state index in [1.54, 1.807) is 42.4 Å². The van der Waals surface area contributed by atoms with E-state index < -0.39 is 36.1 Å². The number of urea groups is 2. The summed E-state index contributed by atoms with van der Waals surface area (Å²) in [6.07, 6.45) is 12.3. The van der Waals surface area contributed by atoms with E-state index in [2.05, 4.69) is 101 Å². The molecule has 0 saturated carbocycles. The molecule has 7 amide bonds. The third-order valence-electron chi connectivity index (χ3n) is 17.8. The first-order valence-corrected chi connectivity index (χ1v) is 44.4. The second-order valence-corrected chi connectivity index (χ2v) is 29.5. The maximum absolute atomic E-state index is 13.4. The van der Waals surface area contributed by atoms with E-state index in [9.17, 15) is 38.7 Å². The summed E-state index contributed by atoms with van der Waals surface area (Å²) < 4.78 is 64.1. The number of nitrogens with one attached hydrogen (secondary N) is 9. The molecular weight excluding hydrogens is 1860 g/mol. The molecule has 0 bridgehead atoms. The predicted octanol–water partition coefficient (Wildman–Crippen LogP) is 3.73. The number of carbonyl (C=O) groups is 7. The van der Waals surface area contributed by atoms with Crippen LogP contribution in [0.2, 0.25) is 0 Å². The van der Waals surface area contributed by atoms with Gasteiger partial charge in [0.2, 0.25) is 17.7 Å². The molecule has 0 unspecified atom stereocenters. The number of nitrogens with zero attached hydrogens (tertiary/aromatic N) is 7. The van der Waals surface area contributed by atoms with Gasteiger partial charge in [-0.25, -0.2) is 19.1 Å². The molecule has 11 N–H and O–H groups in total. The summed E-state index contributed by atoms with van der Waals surface area (Å²) in [5.41, 5.74) is 5.65. The molecular formula is C86H127IN16O28S. The van der Waals surface area contributed by atoms with Crippen molar-refractivity contribution in [1.29, 1.82) is 0 Å². The number of rotatable bonds is 55. The van der Waals surface area contributed by atoms with Crippen LogP contribution in [0.25, 0.3) is 11.3 Å². The minimum absolute atomic E-state index is 0.00825. The molecule has 1 fully saturated rings. The van der Waals surface area contributed by atoms with Gasteiger partial charge in [-0.1, -0.05) is 35.5 Å². The largest absolute Gasteiger partial charge is 0.481 e. The molecule has 2 aromatic carbocycles. The van der Waals surface area contributed by atoms with Crippen LogP contribution >= 0.6 is 34.8 Å². The van der Waals surface area contributed by atoms with Crippen LogP contribution in [0.3, 0.4) is 0 Å².